The lowest BCUT2D eigenvalue weighted by Crippen LogP contribution is -2.03. The molecule has 2 rings (SSSR count). The average Bonchev–Trinajstić information content (AvgIpc) is 2.90. The monoisotopic (exact) mass is 234 g/mol. The minimum absolute atomic E-state index is 0.0304. The summed E-state index contributed by atoms with van der Waals surface area (Å²) < 4.78 is 7.17. The molecule has 2 aromatic heterocycles. The fourth-order valence-electron chi connectivity index (χ4n) is 1.68. The smallest absolute Gasteiger partial charge is 0.371 e. The number of aryl methyl sites for hydroxylation is 1. The Morgan fingerprint density at radius 1 is 1.53 bits per heavy atom. The highest BCUT2D eigenvalue weighted by Crippen LogP contribution is 2.11. The summed E-state index contributed by atoms with van der Waals surface area (Å²) >= 11 is 0. The minimum atomic E-state index is -1.05. The van der Waals surface area contributed by atoms with Crippen molar-refractivity contribution >= 4 is 5.97 Å². The molecule has 17 heavy (non-hydrogen) atoms. The molecule has 0 atom stereocenters. The Kier molecular flexibility index (Phi) is 3.27. The second-order valence-electron chi connectivity index (χ2n) is 3.79. The van der Waals surface area contributed by atoms with E-state index < -0.39 is 5.97 Å². The standard InChI is InChI=1S/C12H14N2O3/c1-2-3-11-13-6-7-14(11)8-9-4-5-10(17-9)12(15)16/h4-7H,2-3,8H2,1H3,(H,15,16). The largest absolute Gasteiger partial charge is 0.475 e. The quantitative estimate of drug-likeness (QED) is 0.860. The van der Waals surface area contributed by atoms with Gasteiger partial charge in [0.1, 0.15) is 11.6 Å². The van der Waals surface area contributed by atoms with Gasteiger partial charge in [0, 0.05) is 18.8 Å². The summed E-state index contributed by atoms with van der Waals surface area (Å²) in [6.45, 7) is 2.61. The predicted molar refractivity (Wildman–Crippen MR) is 61.0 cm³/mol. The van der Waals surface area contributed by atoms with Gasteiger partial charge in [-0.2, -0.15) is 0 Å². The maximum atomic E-state index is 10.7. The molecule has 0 amide bonds. The van der Waals surface area contributed by atoms with Crippen LogP contribution in [0.15, 0.2) is 28.9 Å². The third-order valence-corrected chi connectivity index (χ3v) is 2.47. The normalized spacial score (nSPS) is 10.6. The van der Waals surface area contributed by atoms with Crippen molar-refractivity contribution in [1.82, 2.24) is 9.55 Å². The van der Waals surface area contributed by atoms with Gasteiger partial charge < -0.3 is 14.1 Å². The van der Waals surface area contributed by atoms with Crippen LogP contribution in [0, 0.1) is 0 Å². The van der Waals surface area contributed by atoms with Crippen molar-refractivity contribution in [1.29, 1.82) is 0 Å². The van der Waals surface area contributed by atoms with Crippen molar-refractivity contribution in [2.75, 3.05) is 0 Å². The van der Waals surface area contributed by atoms with E-state index in [0.717, 1.165) is 18.7 Å². The van der Waals surface area contributed by atoms with E-state index in [9.17, 15) is 4.79 Å². The fourth-order valence-corrected chi connectivity index (χ4v) is 1.68. The number of nitrogens with zero attached hydrogens (tertiary/aromatic N) is 2. The number of hydrogen-bond acceptors (Lipinski definition) is 3. The van der Waals surface area contributed by atoms with Crippen LogP contribution < -0.4 is 0 Å². The molecule has 90 valence electrons. The Morgan fingerprint density at radius 3 is 3.00 bits per heavy atom. The second-order valence-corrected chi connectivity index (χ2v) is 3.79. The van der Waals surface area contributed by atoms with Gasteiger partial charge in [0.2, 0.25) is 5.76 Å². The highest BCUT2D eigenvalue weighted by atomic mass is 16.4. The van der Waals surface area contributed by atoms with E-state index in [2.05, 4.69) is 11.9 Å². The molecule has 0 spiro atoms. The molecule has 0 aliphatic rings. The first-order valence-corrected chi connectivity index (χ1v) is 5.52. The second kappa shape index (κ2) is 4.86. The maximum Gasteiger partial charge on any atom is 0.371 e. The van der Waals surface area contributed by atoms with Gasteiger partial charge in [-0.1, -0.05) is 6.92 Å². The molecule has 2 aromatic rings. The van der Waals surface area contributed by atoms with Crippen LogP contribution in [0.2, 0.25) is 0 Å². The van der Waals surface area contributed by atoms with Gasteiger partial charge in [-0.15, -0.1) is 0 Å². The molecule has 1 N–H and O–H groups in total. The Hall–Kier alpha value is -2.04. The first-order valence-electron chi connectivity index (χ1n) is 5.52. The molecule has 0 radical (unpaired) electrons. The lowest BCUT2D eigenvalue weighted by atomic mass is 10.3. The number of furan rings is 1. The third kappa shape index (κ3) is 2.55. The third-order valence-electron chi connectivity index (χ3n) is 2.47. The molecule has 0 aromatic carbocycles. The highest BCUT2D eigenvalue weighted by Gasteiger charge is 2.10. The summed E-state index contributed by atoms with van der Waals surface area (Å²) in [7, 11) is 0. The van der Waals surface area contributed by atoms with Crippen molar-refractivity contribution in [2.24, 2.45) is 0 Å². The van der Waals surface area contributed by atoms with Crippen LogP contribution in [0.3, 0.4) is 0 Å². The van der Waals surface area contributed by atoms with Crippen LogP contribution in [0.5, 0.6) is 0 Å². The Labute approximate surface area is 98.7 Å². The molecule has 0 unspecified atom stereocenters. The Balaban J connectivity index is 2.13. The number of carboxylic acids is 1. The molecule has 0 saturated carbocycles. The van der Waals surface area contributed by atoms with Gasteiger partial charge >= 0.3 is 5.97 Å². The van der Waals surface area contributed by atoms with E-state index in [-0.39, 0.29) is 5.76 Å². The van der Waals surface area contributed by atoms with Crippen molar-refractivity contribution in [3.05, 3.63) is 41.9 Å². The summed E-state index contributed by atoms with van der Waals surface area (Å²) in [5.41, 5.74) is 0. The minimum Gasteiger partial charge on any atom is -0.475 e. The predicted octanol–water partition coefficient (Wildman–Crippen LogP) is 2.18. The lowest BCUT2D eigenvalue weighted by molar-refractivity contribution is 0.0660. The lowest BCUT2D eigenvalue weighted by Gasteiger charge is -2.04. The molecule has 5 nitrogen and oxygen atoms in total. The van der Waals surface area contributed by atoms with E-state index in [1.54, 1.807) is 12.3 Å². The molecular formula is C12H14N2O3. The number of aromatic carboxylic acids is 1. The van der Waals surface area contributed by atoms with Crippen molar-refractivity contribution in [3.63, 3.8) is 0 Å². The van der Waals surface area contributed by atoms with Crippen LogP contribution in [0.4, 0.5) is 0 Å². The van der Waals surface area contributed by atoms with E-state index in [1.807, 2.05) is 10.8 Å². The van der Waals surface area contributed by atoms with Crippen LogP contribution in [0.1, 0.15) is 35.5 Å². The first kappa shape index (κ1) is 11.4. The van der Waals surface area contributed by atoms with Crippen LogP contribution >= 0.6 is 0 Å². The van der Waals surface area contributed by atoms with E-state index in [0.29, 0.717) is 12.3 Å². The summed E-state index contributed by atoms with van der Waals surface area (Å²) in [6, 6.07) is 3.15. The van der Waals surface area contributed by atoms with Gasteiger partial charge in [0.15, 0.2) is 0 Å². The first-order chi connectivity index (χ1) is 8.20. The van der Waals surface area contributed by atoms with Crippen LogP contribution in [-0.4, -0.2) is 20.6 Å². The van der Waals surface area contributed by atoms with Crippen molar-refractivity contribution in [3.8, 4) is 0 Å². The molecule has 5 heteroatoms. The van der Waals surface area contributed by atoms with Gasteiger partial charge in [0.25, 0.3) is 0 Å². The Bertz CT molecular complexity index is 513. The molecule has 0 aliphatic heterocycles. The zero-order chi connectivity index (χ0) is 12.3. The van der Waals surface area contributed by atoms with Gasteiger partial charge in [-0.3, -0.25) is 0 Å². The van der Waals surface area contributed by atoms with Crippen LogP contribution in [0.25, 0.3) is 0 Å². The molecule has 0 bridgehead atoms. The SMILES string of the molecule is CCCc1nccn1Cc1ccc(C(=O)O)o1. The van der Waals surface area contributed by atoms with Gasteiger partial charge in [-0.05, 0) is 18.6 Å². The van der Waals surface area contributed by atoms with E-state index in [1.165, 1.54) is 6.07 Å². The molecule has 0 saturated heterocycles. The molecular weight excluding hydrogens is 220 g/mol. The topological polar surface area (TPSA) is 68.3 Å². The average molecular weight is 234 g/mol. The van der Waals surface area contributed by atoms with Gasteiger partial charge in [-0.25, -0.2) is 9.78 Å². The van der Waals surface area contributed by atoms with Crippen LogP contribution in [-0.2, 0) is 13.0 Å². The number of hydrogen-bond donors (Lipinski definition) is 1. The Morgan fingerprint density at radius 2 is 2.35 bits per heavy atom. The number of imidazole rings is 1. The molecule has 2 heterocycles. The van der Waals surface area contributed by atoms with Gasteiger partial charge in [0.05, 0.1) is 6.54 Å². The summed E-state index contributed by atoms with van der Waals surface area (Å²) in [5, 5.41) is 8.75. The van der Waals surface area contributed by atoms with Crippen molar-refractivity contribution < 1.29 is 14.3 Å². The maximum absolute atomic E-state index is 10.7. The molecule has 0 fully saturated rings. The number of carbonyl (C=O) groups is 1. The zero-order valence-corrected chi connectivity index (χ0v) is 9.59. The summed E-state index contributed by atoms with van der Waals surface area (Å²) in [6.07, 6.45) is 5.54. The van der Waals surface area contributed by atoms with Crippen molar-refractivity contribution in [2.45, 2.75) is 26.3 Å². The van der Waals surface area contributed by atoms with E-state index in [4.69, 9.17) is 9.52 Å². The highest BCUT2D eigenvalue weighted by molar-refractivity contribution is 5.84. The molecule has 0 aliphatic carbocycles. The number of aromatic nitrogens is 2. The summed E-state index contributed by atoms with van der Waals surface area (Å²) in [4.78, 5) is 14.9. The zero-order valence-electron chi connectivity index (χ0n) is 9.59. The van der Waals surface area contributed by atoms with E-state index >= 15 is 0 Å². The number of carboxylic acid groups (broad SMARTS) is 1. The fraction of sp³-hybridized carbons (Fsp3) is 0.333. The summed E-state index contributed by atoms with van der Waals surface area (Å²) in [5.74, 6) is 0.534. The number of rotatable bonds is 5.